The summed E-state index contributed by atoms with van der Waals surface area (Å²) in [6.45, 7) is 0.679. The lowest BCUT2D eigenvalue weighted by Gasteiger charge is -2.17. The summed E-state index contributed by atoms with van der Waals surface area (Å²) in [6.07, 6.45) is 1.98. The molecule has 0 amide bonds. The fourth-order valence-corrected chi connectivity index (χ4v) is 3.94. The SMILES string of the molecule is COC(O)c1ccc2nc(Cc3ccc(Br)c(F)c3)n(CC3(CC#N)CC3)c2c1. The molecule has 7 heteroatoms. The second-order valence-corrected chi connectivity index (χ2v) is 8.56. The number of aromatic nitrogens is 2. The first kappa shape index (κ1) is 20.0. The standard InChI is InChI=1S/C22H21BrFN3O2/c1-29-21(28)15-3-5-18-19(12-15)27(13-22(6-7-22)8-9-25)20(26-18)11-14-2-4-16(23)17(24)10-14/h2-5,10,12,21,28H,6-8,11,13H2,1H3. The molecule has 3 aromatic rings. The van der Waals surface area contributed by atoms with Gasteiger partial charge in [0.15, 0.2) is 6.29 Å². The summed E-state index contributed by atoms with van der Waals surface area (Å²) in [5.74, 6) is 0.508. The minimum atomic E-state index is -1.01. The fourth-order valence-electron chi connectivity index (χ4n) is 3.69. The number of hydrogen-bond acceptors (Lipinski definition) is 4. The number of rotatable bonds is 7. The van der Waals surface area contributed by atoms with Crippen LogP contribution in [0, 0.1) is 22.6 Å². The Morgan fingerprint density at radius 3 is 2.79 bits per heavy atom. The zero-order valence-electron chi connectivity index (χ0n) is 16.0. The second kappa shape index (κ2) is 7.86. The lowest BCUT2D eigenvalue weighted by molar-refractivity contribution is -0.0768. The smallest absolute Gasteiger partial charge is 0.180 e. The van der Waals surface area contributed by atoms with Crippen LogP contribution in [0.5, 0.6) is 0 Å². The zero-order valence-corrected chi connectivity index (χ0v) is 17.6. The van der Waals surface area contributed by atoms with Crippen molar-refractivity contribution in [2.75, 3.05) is 7.11 Å². The van der Waals surface area contributed by atoms with Gasteiger partial charge in [0.25, 0.3) is 0 Å². The molecule has 0 spiro atoms. The Bertz CT molecular complexity index is 1100. The maximum Gasteiger partial charge on any atom is 0.180 e. The molecule has 1 atom stereocenters. The minimum Gasteiger partial charge on any atom is -0.364 e. The first-order chi connectivity index (χ1) is 13.9. The van der Waals surface area contributed by atoms with Crippen molar-refractivity contribution in [3.63, 3.8) is 0 Å². The highest BCUT2D eigenvalue weighted by molar-refractivity contribution is 9.10. The van der Waals surface area contributed by atoms with Crippen molar-refractivity contribution in [2.24, 2.45) is 5.41 Å². The molecular formula is C22H21BrFN3O2. The Morgan fingerprint density at radius 2 is 2.14 bits per heavy atom. The average molecular weight is 458 g/mol. The summed E-state index contributed by atoms with van der Waals surface area (Å²) in [4.78, 5) is 4.78. The molecule has 2 aromatic carbocycles. The highest BCUT2D eigenvalue weighted by atomic mass is 79.9. The van der Waals surface area contributed by atoms with Gasteiger partial charge in [-0.25, -0.2) is 9.37 Å². The molecule has 1 unspecified atom stereocenters. The molecule has 0 aliphatic heterocycles. The van der Waals surface area contributed by atoms with Gasteiger partial charge in [0.2, 0.25) is 0 Å². The summed E-state index contributed by atoms with van der Waals surface area (Å²) < 4.78 is 21.6. The van der Waals surface area contributed by atoms with Crippen molar-refractivity contribution >= 4 is 27.0 Å². The van der Waals surface area contributed by atoms with Crippen LogP contribution in [0.15, 0.2) is 40.9 Å². The summed E-state index contributed by atoms with van der Waals surface area (Å²) in [7, 11) is 1.45. The normalized spacial score (nSPS) is 16.0. The van der Waals surface area contributed by atoms with E-state index in [0.29, 0.717) is 29.4 Å². The number of aliphatic hydroxyl groups excluding tert-OH is 1. The number of ether oxygens (including phenoxy) is 1. The lowest BCUT2D eigenvalue weighted by atomic mass is 10.0. The molecule has 0 bridgehead atoms. The number of benzene rings is 2. The van der Waals surface area contributed by atoms with Gasteiger partial charge in [-0.3, -0.25) is 0 Å². The van der Waals surface area contributed by atoms with E-state index in [2.05, 4.69) is 26.6 Å². The Labute approximate surface area is 176 Å². The average Bonchev–Trinajstić information content (AvgIpc) is 3.39. The van der Waals surface area contributed by atoms with Gasteiger partial charge in [0.1, 0.15) is 11.6 Å². The Kier molecular flexibility index (Phi) is 5.43. The summed E-state index contributed by atoms with van der Waals surface area (Å²) >= 11 is 3.19. The molecule has 0 saturated heterocycles. The van der Waals surface area contributed by atoms with Crippen LogP contribution in [-0.4, -0.2) is 21.8 Å². The van der Waals surface area contributed by atoms with E-state index in [-0.39, 0.29) is 11.2 Å². The molecule has 1 fully saturated rings. The number of nitriles is 1. The van der Waals surface area contributed by atoms with Crippen molar-refractivity contribution in [1.82, 2.24) is 9.55 Å². The number of imidazole rings is 1. The van der Waals surface area contributed by atoms with E-state index < -0.39 is 6.29 Å². The monoisotopic (exact) mass is 457 g/mol. The molecule has 1 heterocycles. The van der Waals surface area contributed by atoms with E-state index in [4.69, 9.17) is 9.72 Å². The molecule has 5 nitrogen and oxygen atoms in total. The van der Waals surface area contributed by atoms with Gasteiger partial charge in [-0.05, 0) is 58.6 Å². The first-order valence-electron chi connectivity index (χ1n) is 9.45. The summed E-state index contributed by atoms with van der Waals surface area (Å²) in [5, 5.41) is 19.3. The van der Waals surface area contributed by atoms with E-state index in [1.807, 2.05) is 18.2 Å². The number of nitrogens with zero attached hydrogens (tertiary/aromatic N) is 3. The predicted molar refractivity (Wildman–Crippen MR) is 111 cm³/mol. The molecule has 1 aromatic heterocycles. The lowest BCUT2D eigenvalue weighted by Crippen LogP contribution is -2.14. The van der Waals surface area contributed by atoms with Crippen LogP contribution < -0.4 is 0 Å². The van der Waals surface area contributed by atoms with Crippen LogP contribution in [0.25, 0.3) is 11.0 Å². The second-order valence-electron chi connectivity index (χ2n) is 7.71. The first-order valence-corrected chi connectivity index (χ1v) is 10.2. The largest absolute Gasteiger partial charge is 0.364 e. The van der Waals surface area contributed by atoms with Crippen LogP contribution >= 0.6 is 15.9 Å². The van der Waals surface area contributed by atoms with Gasteiger partial charge in [0.05, 0.1) is 21.6 Å². The quantitative estimate of drug-likeness (QED) is 0.514. The summed E-state index contributed by atoms with van der Waals surface area (Å²) in [5.41, 5.74) is 3.13. The predicted octanol–water partition coefficient (Wildman–Crippen LogP) is 4.86. The molecule has 1 aliphatic rings. The molecule has 1 aliphatic carbocycles. The van der Waals surface area contributed by atoms with Gasteiger partial charge in [-0.1, -0.05) is 12.1 Å². The molecule has 0 radical (unpaired) electrons. The highest BCUT2D eigenvalue weighted by Gasteiger charge is 2.43. The van der Waals surface area contributed by atoms with E-state index >= 15 is 0 Å². The third kappa shape index (κ3) is 4.06. The van der Waals surface area contributed by atoms with E-state index in [1.165, 1.54) is 13.2 Å². The van der Waals surface area contributed by atoms with Crippen LogP contribution in [0.1, 0.15) is 42.5 Å². The van der Waals surface area contributed by atoms with Crippen LogP contribution in [-0.2, 0) is 17.7 Å². The maximum atomic E-state index is 14.0. The fraction of sp³-hybridized carbons (Fsp3) is 0.364. The molecular weight excluding hydrogens is 437 g/mol. The molecule has 1 saturated carbocycles. The highest BCUT2D eigenvalue weighted by Crippen LogP contribution is 2.50. The van der Waals surface area contributed by atoms with E-state index in [0.717, 1.165) is 35.3 Å². The molecule has 29 heavy (non-hydrogen) atoms. The van der Waals surface area contributed by atoms with Crippen LogP contribution in [0.4, 0.5) is 4.39 Å². The number of hydrogen-bond donors (Lipinski definition) is 1. The van der Waals surface area contributed by atoms with Crippen molar-refractivity contribution in [3.8, 4) is 6.07 Å². The van der Waals surface area contributed by atoms with Crippen molar-refractivity contribution in [1.29, 1.82) is 5.26 Å². The Hall–Kier alpha value is -2.27. The van der Waals surface area contributed by atoms with Gasteiger partial charge >= 0.3 is 0 Å². The van der Waals surface area contributed by atoms with Crippen LogP contribution in [0.3, 0.4) is 0 Å². The van der Waals surface area contributed by atoms with Crippen molar-refractivity contribution in [2.45, 2.75) is 38.5 Å². The molecule has 1 N–H and O–H groups in total. The van der Waals surface area contributed by atoms with Crippen LogP contribution in [0.2, 0.25) is 0 Å². The Morgan fingerprint density at radius 1 is 1.34 bits per heavy atom. The number of methoxy groups -OCH3 is 1. The van der Waals surface area contributed by atoms with Gasteiger partial charge in [-0.2, -0.15) is 5.26 Å². The molecule has 150 valence electrons. The summed E-state index contributed by atoms with van der Waals surface area (Å²) in [6, 6.07) is 12.9. The third-order valence-electron chi connectivity index (χ3n) is 5.61. The molecule has 4 rings (SSSR count). The van der Waals surface area contributed by atoms with Crippen molar-refractivity contribution in [3.05, 3.63) is 63.6 Å². The van der Waals surface area contributed by atoms with Crippen molar-refractivity contribution < 1.29 is 14.2 Å². The topological polar surface area (TPSA) is 71.1 Å². The number of aliphatic hydroxyl groups is 1. The minimum absolute atomic E-state index is 0.0298. The maximum absolute atomic E-state index is 14.0. The Balaban J connectivity index is 1.78. The van der Waals surface area contributed by atoms with Gasteiger partial charge in [-0.15, -0.1) is 0 Å². The van der Waals surface area contributed by atoms with E-state index in [1.54, 1.807) is 12.1 Å². The van der Waals surface area contributed by atoms with Gasteiger partial charge < -0.3 is 14.4 Å². The third-order valence-corrected chi connectivity index (χ3v) is 6.25. The zero-order chi connectivity index (χ0) is 20.6. The number of halogens is 2. The van der Waals surface area contributed by atoms with Gasteiger partial charge in [0, 0.05) is 37.5 Å². The van der Waals surface area contributed by atoms with E-state index in [9.17, 15) is 14.8 Å². The number of fused-ring (bicyclic) bond motifs is 1.